The molecule has 1 saturated carbocycles. The predicted octanol–water partition coefficient (Wildman–Crippen LogP) is 4.84. The molecule has 1 aromatic heterocycles. The van der Waals surface area contributed by atoms with Crippen LogP contribution in [0.4, 0.5) is 4.79 Å². The molecule has 2 aromatic carbocycles. The first-order chi connectivity index (χ1) is 16.5. The van der Waals surface area contributed by atoms with Gasteiger partial charge in [-0.25, -0.2) is 4.79 Å². The third-order valence-corrected chi connectivity index (χ3v) is 7.00. The van der Waals surface area contributed by atoms with E-state index in [2.05, 4.69) is 41.9 Å². The first kappa shape index (κ1) is 24.3. The lowest BCUT2D eigenvalue weighted by atomic mass is 9.94. The molecule has 0 saturated heterocycles. The number of urea groups is 1. The van der Waals surface area contributed by atoms with Crippen LogP contribution < -0.4 is 5.32 Å². The molecule has 4 rings (SSSR count). The number of carbonyl (C=O) groups is 1. The molecule has 1 aliphatic rings. The van der Waals surface area contributed by atoms with Crippen LogP contribution in [0.2, 0.25) is 0 Å². The second kappa shape index (κ2) is 11.6. The van der Waals surface area contributed by atoms with Crippen LogP contribution in [-0.4, -0.2) is 42.7 Å². The monoisotopic (exact) mass is 526 g/mol. The molecule has 0 bridgehead atoms. The Labute approximate surface area is 208 Å². The van der Waals surface area contributed by atoms with Gasteiger partial charge in [-0.1, -0.05) is 76.8 Å². The van der Waals surface area contributed by atoms with E-state index in [0.29, 0.717) is 18.8 Å². The second-order valence-electron chi connectivity index (χ2n) is 8.93. The average molecular weight is 527 g/mol. The van der Waals surface area contributed by atoms with Crippen LogP contribution in [-0.2, 0) is 13.0 Å². The minimum absolute atomic E-state index is 0.0384. The van der Waals surface area contributed by atoms with Crippen LogP contribution >= 0.6 is 15.9 Å². The van der Waals surface area contributed by atoms with Gasteiger partial charge in [-0.2, -0.15) is 5.21 Å². The van der Waals surface area contributed by atoms with Crippen LogP contribution in [0.15, 0.2) is 53.0 Å². The van der Waals surface area contributed by atoms with E-state index in [1.54, 1.807) is 0 Å². The largest absolute Gasteiger partial charge is 0.388 e. The number of aromatic nitrogens is 4. The summed E-state index contributed by atoms with van der Waals surface area (Å²) in [4.78, 5) is 15.4. The third kappa shape index (κ3) is 6.42. The van der Waals surface area contributed by atoms with E-state index in [-0.39, 0.29) is 18.1 Å². The minimum Gasteiger partial charge on any atom is -0.388 e. The van der Waals surface area contributed by atoms with Crippen molar-refractivity contribution in [2.45, 2.75) is 70.2 Å². The molecule has 3 N–H and O–H groups in total. The predicted molar refractivity (Wildman–Crippen MR) is 133 cm³/mol. The Hall–Kier alpha value is -2.78. The van der Waals surface area contributed by atoms with Crippen molar-refractivity contribution in [2.24, 2.45) is 0 Å². The Morgan fingerprint density at radius 3 is 2.44 bits per heavy atom. The zero-order chi connectivity index (χ0) is 23.9. The Bertz CT molecular complexity index is 1040. The highest BCUT2D eigenvalue weighted by atomic mass is 79.9. The van der Waals surface area contributed by atoms with Gasteiger partial charge in [-0.15, -0.1) is 10.2 Å². The number of benzene rings is 2. The molecule has 3 aromatic rings. The summed E-state index contributed by atoms with van der Waals surface area (Å²) in [6.07, 6.45) is 5.17. The summed E-state index contributed by atoms with van der Waals surface area (Å²) in [5.41, 5.74) is 2.89. The van der Waals surface area contributed by atoms with Crippen molar-refractivity contribution >= 4 is 22.0 Å². The van der Waals surface area contributed by atoms with Gasteiger partial charge >= 0.3 is 6.03 Å². The molecule has 0 unspecified atom stereocenters. The summed E-state index contributed by atoms with van der Waals surface area (Å²) in [6.45, 7) is 2.55. The highest BCUT2D eigenvalue weighted by Gasteiger charge is 2.27. The maximum Gasteiger partial charge on any atom is 0.318 e. The number of carbonyl (C=O) groups excluding carboxylic acids is 1. The molecular weight excluding hydrogens is 496 g/mol. The first-order valence-corrected chi connectivity index (χ1v) is 12.6. The fourth-order valence-corrected chi connectivity index (χ4v) is 4.73. The van der Waals surface area contributed by atoms with E-state index < -0.39 is 6.10 Å². The van der Waals surface area contributed by atoms with Gasteiger partial charge in [-0.05, 0) is 48.6 Å². The number of aliphatic hydroxyl groups is 1. The van der Waals surface area contributed by atoms with Crippen molar-refractivity contribution in [2.75, 3.05) is 0 Å². The van der Waals surface area contributed by atoms with Crippen LogP contribution in [0.3, 0.4) is 0 Å². The smallest absolute Gasteiger partial charge is 0.318 e. The highest BCUT2D eigenvalue weighted by Crippen LogP contribution is 2.26. The van der Waals surface area contributed by atoms with Gasteiger partial charge in [0.1, 0.15) is 0 Å². The number of aliphatic hydroxyl groups excluding tert-OH is 1. The first-order valence-electron chi connectivity index (χ1n) is 11.8. The van der Waals surface area contributed by atoms with Crippen molar-refractivity contribution in [1.82, 2.24) is 30.8 Å². The van der Waals surface area contributed by atoms with Crippen molar-refractivity contribution < 1.29 is 9.90 Å². The number of aromatic amines is 1. The van der Waals surface area contributed by atoms with Gasteiger partial charge in [0.15, 0.2) is 5.82 Å². The van der Waals surface area contributed by atoms with E-state index in [1.165, 1.54) is 6.42 Å². The zero-order valence-corrected chi connectivity index (χ0v) is 20.9. The van der Waals surface area contributed by atoms with Gasteiger partial charge < -0.3 is 15.3 Å². The number of hydrogen-bond acceptors (Lipinski definition) is 5. The lowest BCUT2D eigenvalue weighted by molar-refractivity contribution is 0.148. The topological polar surface area (TPSA) is 107 Å². The van der Waals surface area contributed by atoms with Gasteiger partial charge in [0, 0.05) is 23.5 Å². The summed E-state index contributed by atoms with van der Waals surface area (Å²) >= 11 is 3.46. The lowest BCUT2D eigenvalue weighted by Crippen LogP contribution is -2.47. The molecule has 180 valence electrons. The fourth-order valence-electron chi connectivity index (χ4n) is 4.46. The molecule has 0 radical (unpaired) electrons. The number of tetrazole rings is 1. The molecule has 1 heterocycles. The van der Waals surface area contributed by atoms with Gasteiger partial charge in [0.25, 0.3) is 0 Å². The fraction of sp³-hybridized carbons (Fsp3) is 0.440. The maximum atomic E-state index is 13.4. The molecule has 34 heavy (non-hydrogen) atoms. The quantitative estimate of drug-likeness (QED) is 0.389. The molecule has 1 aliphatic carbocycles. The van der Waals surface area contributed by atoms with Gasteiger partial charge in [0.2, 0.25) is 0 Å². The average Bonchev–Trinajstić information content (AvgIpc) is 3.36. The number of H-pyrrole nitrogens is 1. The number of nitrogens with one attached hydrogen (secondary N) is 2. The van der Waals surface area contributed by atoms with E-state index in [4.69, 9.17) is 0 Å². The molecule has 2 atom stereocenters. The number of nitrogens with zero attached hydrogens (tertiary/aromatic N) is 4. The molecule has 0 spiro atoms. The van der Waals surface area contributed by atoms with E-state index >= 15 is 0 Å². The van der Waals surface area contributed by atoms with Gasteiger partial charge in [0.05, 0.1) is 12.1 Å². The molecular formula is C25H31BrN6O2. The van der Waals surface area contributed by atoms with E-state index in [0.717, 1.165) is 46.8 Å². The van der Waals surface area contributed by atoms with Crippen molar-refractivity contribution in [1.29, 1.82) is 0 Å². The third-order valence-electron chi connectivity index (χ3n) is 6.47. The zero-order valence-electron chi connectivity index (χ0n) is 19.3. The van der Waals surface area contributed by atoms with Crippen LogP contribution in [0.25, 0.3) is 0 Å². The number of amides is 2. The lowest BCUT2D eigenvalue weighted by Gasteiger charge is -2.35. The number of hydrogen-bond donors (Lipinski definition) is 3. The standard InChI is InChI=1S/C25H31BrN6O2/c1-17(19-11-13-21(26)14-12-19)27-25(34)32(22-5-3-2-4-6-22)16-18-7-9-20(10-8-18)23(33)15-24-28-30-31-29-24/h7-14,17,22-23,33H,2-6,15-16H2,1H3,(H,27,34)(H,28,29,30,31)/t17-,23-/m0/s1. The summed E-state index contributed by atoms with van der Waals surface area (Å²) in [7, 11) is 0. The van der Waals surface area contributed by atoms with E-state index in [1.807, 2.05) is 60.4 Å². The van der Waals surface area contributed by atoms with Crippen molar-refractivity contribution in [3.63, 3.8) is 0 Å². The highest BCUT2D eigenvalue weighted by molar-refractivity contribution is 9.10. The number of rotatable bonds is 8. The van der Waals surface area contributed by atoms with Crippen LogP contribution in [0, 0.1) is 0 Å². The molecule has 0 aliphatic heterocycles. The Kier molecular flexibility index (Phi) is 8.29. The van der Waals surface area contributed by atoms with Crippen LogP contribution in [0.5, 0.6) is 0 Å². The molecule has 8 nitrogen and oxygen atoms in total. The van der Waals surface area contributed by atoms with Crippen LogP contribution in [0.1, 0.15) is 73.7 Å². The maximum absolute atomic E-state index is 13.4. The van der Waals surface area contributed by atoms with Crippen molar-refractivity contribution in [3.05, 3.63) is 75.5 Å². The SMILES string of the molecule is C[C@H](NC(=O)N(Cc1ccc([C@@H](O)Cc2nn[nH]n2)cc1)C1CCCCC1)c1ccc(Br)cc1. The minimum atomic E-state index is -0.712. The number of halogens is 1. The molecule has 2 amide bonds. The van der Waals surface area contributed by atoms with Gasteiger partial charge in [-0.3, -0.25) is 0 Å². The van der Waals surface area contributed by atoms with E-state index in [9.17, 15) is 9.90 Å². The summed E-state index contributed by atoms with van der Waals surface area (Å²) in [5, 5.41) is 27.4. The van der Waals surface area contributed by atoms with Crippen molar-refractivity contribution in [3.8, 4) is 0 Å². The Morgan fingerprint density at radius 1 is 1.12 bits per heavy atom. The Balaban J connectivity index is 1.44. The summed E-state index contributed by atoms with van der Waals surface area (Å²) in [5.74, 6) is 0.469. The summed E-state index contributed by atoms with van der Waals surface area (Å²) in [6, 6.07) is 15.9. The summed E-state index contributed by atoms with van der Waals surface area (Å²) < 4.78 is 1.02. The molecule has 1 fully saturated rings. The molecule has 9 heteroatoms. The second-order valence-corrected chi connectivity index (χ2v) is 9.85. The normalized spacial score (nSPS) is 16.1. The Morgan fingerprint density at radius 2 is 1.79 bits per heavy atom.